The molecule has 9 heteroatoms. The average Bonchev–Trinajstić information content (AvgIpc) is 3.46. The summed E-state index contributed by atoms with van der Waals surface area (Å²) < 4.78 is 27.9. The summed E-state index contributed by atoms with van der Waals surface area (Å²) in [5, 5.41) is 4.38. The van der Waals surface area contributed by atoms with Gasteiger partial charge in [-0.1, -0.05) is 44.2 Å². The Labute approximate surface area is 191 Å². The highest BCUT2D eigenvalue weighted by atomic mass is 32.2. The van der Waals surface area contributed by atoms with Gasteiger partial charge in [-0.15, -0.1) is 22.7 Å². The number of piperidine rings is 1. The number of carbonyl (C=O) groups is 1. The molecule has 1 aromatic carbocycles. The summed E-state index contributed by atoms with van der Waals surface area (Å²) in [5.41, 5.74) is 2.73. The number of thiazole rings is 1. The van der Waals surface area contributed by atoms with Crippen molar-refractivity contribution in [2.45, 2.75) is 42.9 Å². The highest BCUT2D eigenvalue weighted by molar-refractivity contribution is 7.91. The minimum Gasteiger partial charge on any atom is -0.337 e. The van der Waals surface area contributed by atoms with Crippen molar-refractivity contribution in [1.29, 1.82) is 0 Å². The zero-order chi connectivity index (χ0) is 22.0. The zero-order valence-electron chi connectivity index (χ0n) is 17.4. The molecule has 6 nitrogen and oxygen atoms in total. The number of hydrogen-bond acceptors (Lipinski definition) is 6. The SMILES string of the molecule is CC(C)c1ccc(-c2nc(C(=O)N3CCC(NS(=O)(=O)c4cccs4)CC3)cs2)cc1. The molecule has 1 aliphatic rings. The minimum absolute atomic E-state index is 0.0964. The van der Waals surface area contributed by atoms with Crippen LogP contribution < -0.4 is 4.72 Å². The Balaban J connectivity index is 1.36. The summed E-state index contributed by atoms with van der Waals surface area (Å²) in [5.74, 6) is 0.376. The second kappa shape index (κ2) is 9.20. The molecule has 3 aromatic rings. The molecule has 4 rings (SSSR count). The van der Waals surface area contributed by atoms with E-state index in [-0.39, 0.29) is 11.9 Å². The van der Waals surface area contributed by atoms with Gasteiger partial charge < -0.3 is 4.90 Å². The molecule has 3 heterocycles. The summed E-state index contributed by atoms with van der Waals surface area (Å²) in [6, 6.07) is 11.5. The van der Waals surface area contributed by atoms with Gasteiger partial charge in [0.05, 0.1) is 0 Å². The molecule has 0 bridgehead atoms. The maximum atomic E-state index is 12.9. The highest BCUT2D eigenvalue weighted by Crippen LogP contribution is 2.27. The maximum Gasteiger partial charge on any atom is 0.273 e. The number of thiophene rings is 1. The third-order valence-electron chi connectivity index (χ3n) is 5.41. The fourth-order valence-corrected chi connectivity index (χ4v) is 6.69. The summed E-state index contributed by atoms with van der Waals surface area (Å²) in [7, 11) is -3.49. The highest BCUT2D eigenvalue weighted by Gasteiger charge is 2.28. The van der Waals surface area contributed by atoms with Gasteiger partial charge in [0.25, 0.3) is 5.91 Å². The van der Waals surface area contributed by atoms with Gasteiger partial charge in [-0.05, 0) is 35.8 Å². The van der Waals surface area contributed by atoms with Crippen molar-refractivity contribution >= 4 is 38.6 Å². The van der Waals surface area contributed by atoms with E-state index >= 15 is 0 Å². The van der Waals surface area contributed by atoms with Gasteiger partial charge in [0, 0.05) is 30.1 Å². The zero-order valence-corrected chi connectivity index (χ0v) is 19.9. The van der Waals surface area contributed by atoms with Crippen LogP contribution in [0.25, 0.3) is 10.6 Å². The number of nitrogens with one attached hydrogen (secondary N) is 1. The van der Waals surface area contributed by atoms with Crippen LogP contribution in [0, 0.1) is 0 Å². The largest absolute Gasteiger partial charge is 0.337 e. The molecule has 0 radical (unpaired) electrons. The Morgan fingerprint density at radius 2 is 1.84 bits per heavy atom. The van der Waals surface area contributed by atoms with Crippen LogP contribution in [0.1, 0.15) is 48.7 Å². The lowest BCUT2D eigenvalue weighted by atomic mass is 10.0. The molecule has 0 atom stereocenters. The predicted molar refractivity (Wildman–Crippen MR) is 125 cm³/mol. The molecule has 31 heavy (non-hydrogen) atoms. The summed E-state index contributed by atoms with van der Waals surface area (Å²) in [4.78, 5) is 19.2. The summed E-state index contributed by atoms with van der Waals surface area (Å²) in [6.45, 7) is 5.33. The van der Waals surface area contributed by atoms with Crippen molar-refractivity contribution in [3.8, 4) is 10.6 Å². The Kier molecular flexibility index (Phi) is 6.57. The molecule has 1 saturated heterocycles. The quantitative estimate of drug-likeness (QED) is 0.566. The lowest BCUT2D eigenvalue weighted by Gasteiger charge is -2.31. The molecule has 1 aliphatic heterocycles. The summed E-state index contributed by atoms with van der Waals surface area (Å²) in [6.07, 6.45) is 1.17. The van der Waals surface area contributed by atoms with E-state index in [2.05, 4.69) is 35.7 Å². The van der Waals surface area contributed by atoms with Crippen LogP contribution in [0.15, 0.2) is 51.4 Å². The van der Waals surface area contributed by atoms with Gasteiger partial charge >= 0.3 is 0 Å². The lowest BCUT2D eigenvalue weighted by Crippen LogP contribution is -2.46. The molecule has 1 N–H and O–H groups in total. The number of sulfonamides is 1. The first-order chi connectivity index (χ1) is 14.8. The van der Waals surface area contributed by atoms with Crippen LogP contribution in [0.2, 0.25) is 0 Å². The Morgan fingerprint density at radius 1 is 1.13 bits per heavy atom. The van der Waals surface area contributed by atoms with E-state index in [1.807, 2.05) is 12.1 Å². The van der Waals surface area contributed by atoms with Crippen molar-refractivity contribution in [2.75, 3.05) is 13.1 Å². The fraction of sp³-hybridized carbons (Fsp3) is 0.364. The van der Waals surface area contributed by atoms with Gasteiger partial charge in [0.15, 0.2) is 0 Å². The first kappa shape index (κ1) is 22.1. The molecular formula is C22H25N3O3S3. The Hall–Kier alpha value is -2.07. The first-order valence-corrected chi connectivity index (χ1v) is 13.5. The van der Waals surface area contributed by atoms with E-state index in [1.54, 1.807) is 27.8 Å². The lowest BCUT2D eigenvalue weighted by molar-refractivity contribution is 0.0706. The molecule has 2 aromatic heterocycles. The van der Waals surface area contributed by atoms with Crippen molar-refractivity contribution in [3.05, 3.63) is 58.4 Å². The van der Waals surface area contributed by atoms with Crippen LogP contribution in [0.3, 0.4) is 0 Å². The van der Waals surface area contributed by atoms with Crippen molar-refractivity contribution < 1.29 is 13.2 Å². The van der Waals surface area contributed by atoms with Crippen LogP contribution in [-0.2, 0) is 10.0 Å². The van der Waals surface area contributed by atoms with Crippen LogP contribution in [-0.4, -0.2) is 43.3 Å². The molecule has 1 fully saturated rings. The number of likely N-dealkylation sites (tertiary alicyclic amines) is 1. The van der Waals surface area contributed by atoms with E-state index in [0.717, 1.165) is 10.6 Å². The maximum absolute atomic E-state index is 12.9. The first-order valence-electron chi connectivity index (χ1n) is 10.2. The smallest absolute Gasteiger partial charge is 0.273 e. The third-order valence-corrected chi connectivity index (χ3v) is 9.22. The third kappa shape index (κ3) is 5.06. The molecule has 0 spiro atoms. The normalized spacial score (nSPS) is 15.5. The van der Waals surface area contributed by atoms with Gasteiger partial charge in [-0.2, -0.15) is 0 Å². The number of amides is 1. The number of benzene rings is 1. The molecule has 1 amide bonds. The van der Waals surface area contributed by atoms with Gasteiger partial charge in [0.1, 0.15) is 14.9 Å². The monoisotopic (exact) mass is 475 g/mol. The minimum atomic E-state index is -3.49. The number of nitrogens with zero attached hydrogens (tertiary/aromatic N) is 2. The van der Waals surface area contributed by atoms with Crippen LogP contribution >= 0.6 is 22.7 Å². The van der Waals surface area contributed by atoms with Crippen molar-refractivity contribution in [1.82, 2.24) is 14.6 Å². The van der Waals surface area contributed by atoms with E-state index in [1.165, 1.54) is 28.2 Å². The van der Waals surface area contributed by atoms with Crippen molar-refractivity contribution in [3.63, 3.8) is 0 Å². The van der Waals surface area contributed by atoms with E-state index in [4.69, 9.17) is 0 Å². The predicted octanol–water partition coefficient (Wildman–Crippen LogP) is 4.58. The van der Waals surface area contributed by atoms with Crippen LogP contribution in [0.5, 0.6) is 0 Å². The molecule has 0 aliphatic carbocycles. The second-order valence-electron chi connectivity index (χ2n) is 7.93. The van der Waals surface area contributed by atoms with E-state index in [0.29, 0.717) is 41.8 Å². The number of carbonyl (C=O) groups excluding carboxylic acids is 1. The molecule has 164 valence electrons. The number of hydrogen-bond donors (Lipinski definition) is 1. The Bertz CT molecular complexity index is 1130. The molecular weight excluding hydrogens is 450 g/mol. The van der Waals surface area contributed by atoms with Gasteiger partial charge in [-0.25, -0.2) is 18.1 Å². The summed E-state index contributed by atoms with van der Waals surface area (Å²) >= 11 is 2.67. The number of rotatable bonds is 6. The standard InChI is InChI=1S/C22H25N3O3S3/c1-15(2)16-5-7-17(8-6-16)21-23-19(14-30-21)22(26)25-11-9-18(10-12-25)24-31(27,28)20-4-3-13-29-20/h3-8,13-15,18,24H,9-12H2,1-2H3. The average molecular weight is 476 g/mol. The Morgan fingerprint density at radius 3 is 2.45 bits per heavy atom. The number of aromatic nitrogens is 1. The van der Waals surface area contributed by atoms with Crippen molar-refractivity contribution in [2.24, 2.45) is 0 Å². The van der Waals surface area contributed by atoms with E-state index in [9.17, 15) is 13.2 Å². The topological polar surface area (TPSA) is 79.4 Å². The fourth-order valence-electron chi connectivity index (χ4n) is 3.57. The van der Waals surface area contributed by atoms with Gasteiger partial charge in [-0.3, -0.25) is 4.79 Å². The second-order valence-corrected chi connectivity index (χ2v) is 11.7. The van der Waals surface area contributed by atoms with E-state index < -0.39 is 10.0 Å². The van der Waals surface area contributed by atoms with Crippen LogP contribution in [0.4, 0.5) is 0 Å². The molecule has 0 unspecified atom stereocenters. The van der Waals surface area contributed by atoms with Gasteiger partial charge in [0.2, 0.25) is 10.0 Å². The molecule has 0 saturated carbocycles.